The number of sulfonamides is 1. The molecule has 0 spiro atoms. The van der Waals surface area contributed by atoms with Crippen molar-refractivity contribution in [2.24, 2.45) is 0 Å². The Morgan fingerprint density at radius 1 is 0.969 bits per heavy atom. The molecule has 3 rings (SSSR count). The van der Waals surface area contributed by atoms with Crippen molar-refractivity contribution in [3.63, 3.8) is 0 Å². The molecule has 0 fully saturated rings. The maximum Gasteiger partial charge on any atom is 0.262 e. The van der Waals surface area contributed by atoms with Gasteiger partial charge in [-0.15, -0.1) is 0 Å². The first-order chi connectivity index (χ1) is 15.1. The molecule has 0 aliphatic rings. The van der Waals surface area contributed by atoms with Gasteiger partial charge in [-0.25, -0.2) is 26.6 Å². The Morgan fingerprint density at radius 3 is 2.34 bits per heavy atom. The molecule has 3 N–H and O–H groups in total. The van der Waals surface area contributed by atoms with Gasteiger partial charge >= 0.3 is 0 Å². The zero-order chi connectivity index (χ0) is 23.5. The molecular formula is C20H15F3N4O4S. The molecule has 0 radical (unpaired) electrons. The second-order valence-electron chi connectivity index (χ2n) is 6.41. The number of benzene rings is 2. The van der Waals surface area contributed by atoms with Crippen LogP contribution in [0.1, 0.15) is 17.3 Å². The van der Waals surface area contributed by atoms with Crippen molar-refractivity contribution in [3.05, 3.63) is 77.7 Å². The first-order valence-electron chi connectivity index (χ1n) is 8.88. The van der Waals surface area contributed by atoms with Crippen molar-refractivity contribution in [2.45, 2.75) is 11.8 Å². The van der Waals surface area contributed by atoms with E-state index < -0.39 is 49.5 Å². The molecular weight excluding hydrogens is 449 g/mol. The highest BCUT2D eigenvalue weighted by Crippen LogP contribution is 2.25. The molecule has 0 aliphatic carbocycles. The summed E-state index contributed by atoms with van der Waals surface area (Å²) in [6.07, 6.45) is 1.15. The van der Waals surface area contributed by atoms with E-state index in [2.05, 4.69) is 15.6 Å². The highest BCUT2D eigenvalue weighted by Gasteiger charge is 2.24. The largest absolute Gasteiger partial charge is 0.320 e. The number of hydrogen-bond acceptors (Lipinski definition) is 5. The van der Waals surface area contributed by atoms with Crippen LogP contribution in [-0.4, -0.2) is 25.2 Å². The topological polar surface area (TPSA) is 117 Å². The molecule has 0 atom stereocenters. The molecule has 12 heteroatoms. The molecule has 2 aromatic carbocycles. The molecule has 1 heterocycles. The third-order valence-corrected chi connectivity index (χ3v) is 5.36. The van der Waals surface area contributed by atoms with Crippen molar-refractivity contribution in [1.82, 2.24) is 4.98 Å². The molecule has 1 aromatic heterocycles. The number of pyridine rings is 1. The van der Waals surface area contributed by atoms with E-state index in [1.807, 2.05) is 4.72 Å². The van der Waals surface area contributed by atoms with Crippen molar-refractivity contribution in [2.75, 3.05) is 15.4 Å². The Balaban J connectivity index is 1.86. The second kappa shape index (κ2) is 9.06. The van der Waals surface area contributed by atoms with Gasteiger partial charge in [0, 0.05) is 6.92 Å². The summed E-state index contributed by atoms with van der Waals surface area (Å²) in [5.41, 5.74) is -1.69. The van der Waals surface area contributed by atoms with Gasteiger partial charge in [-0.3, -0.25) is 14.3 Å². The van der Waals surface area contributed by atoms with Crippen LogP contribution in [0.25, 0.3) is 0 Å². The third-order valence-electron chi connectivity index (χ3n) is 3.99. The molecule has 2 amide bonds. The molecule has 0 bridgehead atoms. The van der Waals surface area contributed by atoms with E-state index in [1.165, 1.54) is 19.1 Å². The van der Waals surface area contributed by atoms with Crippen LogP contribution in [-0.2, 0) is 14.8 Å². The van der Waals surface area contributed by atoms with Gasteiger partial charge in [0.25, 0.3) is 15.9 Å². The molecule has 166 valence electrons. The predicted molar refractivity (Wildman–Crippen MR) is 110 cm³/mol. The van der Waals surface area contributed by atoms with E-state index in [1.54, 1.807) is 0 Å². The van der Waals surface area contributed by atoms with Crippen molar-refractivity contribution in [3.8, 4) is 0 Å². The number of hydrogen-bond donors (Lipinski definition) is 3. The van der Waals surface area contributed by atoms with Crippen molar-refractivity contribution in [1.29, 1.82) is 0 Å². The van der Waals surface area contributed by atoms with Gasteiger partial charge in [-0.2, -0.15) is 0 Å². The Morgan fingerprint density at radius 2 is 1.72 bits per heavy atom. The Labute approximate surface area is 180 Å². The van der Waals surface area contributed by atoms with Gasteiger partial charge in [0.15, 0.2) is 5.82 Å². The Kier molecular flexibility index (Phi) is 6.44. The average molecular weight is 464 g/mol. The number of carbonyl (C=O) groups excluding carboxylic acids is 2. The number of anilines is 3. The summed E-state index contributed by atoms with van der Waals surface area (Å²) in [4.78, 5) is 26.8. The molecule has 8 nitrogen and oxygen atoms in total. The minimum absolute atomic E-state index is 0.0636. The summed E-state index contributed by atoms with van der Waals surface area (Å²) in [7, 11) is -4.42. The summed E-state index contributed by atoms with van der Waals surface area (Å²) in [6.45, 7) is 1.28. The Hall–Kier alpha value is -3.93. The van der Waals surface area contributed by atoms with Gasteiger partial charge in [0.1, 0.15) is 23.0 Å². The molecule has 0 saturated heterocycles. The molecule has 0 unspecified atom stereocenters. The van der Waals surface area contributed by atoms with Crippen LogP contribution >= 0.6 is 0 Å². The van der Waals surface area contributed by atoms with E-state index in [9.17, 15) is 31.2 Å². The summed E-state index contributed by atoms with van der Waals surface area (Å²) in [5.74, 6) is -4.91. The summed E-state index contributed by atoms with van der Waals surface area (Å²) in [6, 6.07) is 8.16. The van der Waals surface area contributed by atoms with Crippen LogP contribution in [0.5, 0.6) is 0 Å². The first-order valence-corrected chi connectivity index (χ1v) is 10.4. The minimum atomic E-state index is -4.42. The fraction of sp³-hybridized carbons (Fsp3) is 0.0500. The van der Waals surface area contributed by atoms with Gasteiger partial charge in [0.2, 0.25) is 5.91 Å². The maximum absolute atomic E-state index is 14.9. The standard InChI is InChI=1S/C20H15F3N4O4S/c1-11(28)25-17-8-5-13(10-24-17)26-20(29)18-15(22)6-7-16(19(18)23)27-32(30,31)14-4-2-3-12(21)9-14/h2-10,27H,1H3,(H,26,29)(H,24,25,28). The first kappa shape index (κ1) is 22.7. The summed E-state index contributed by atoms with van der Waals surface area (Å²) in [5, 5.41) is 4.64. The summed E-state index contributed by atoms with van der Waals surface area (Å²) < 4.78 is 69.1. The average Bonchev–Trinajstić information content (AvgIpc) is 2.71. The number of carbonyl (C=O) groups is 2. The van der Waals surface area contributed by atoms with E-state index in [0.717, 1.165) is 36.5 Å². The van der Waals surface area contributed by atoms with Crippen LogP contribution in [0.3, 0.4) is 0 Å². The lowest BCUT2D eigenvalue weighted by molar-refractivity contribution is -0.114. The lowest BCUT2D eigenvalue weighted by Crippen LogP contribution is -2.19. The second-order valence-corrected chi connectivity index (χ2v) is 8.10. The fourth-order valence-electron chi connectivity index (χ4n) is 2.59. The Bertz CT molecular complexity index is 1300. The van der Waals surface area contributed by atoms with Gasteiger partial charge in [-0.1, -0.05) is 6.07 Å². The molecule has 32 heavy (non-hydrogen) atoms. The van der Waals surface area contributed by atoms with Crippen molar-refractivity contribution >= 4 is 39.0 Å². The zero-order valence-electron chi connectivity index (χ0n) is 16.3. The van der Waals surface area contributed by atoms with Gasteiger partial charge in [0.05, 0.1) is 22.5 Å². The number of rotatable bonds is 6. The quantitative estimate of drug-likeness (QED) is 0.516. The van der Waals surface area contributed by atoms with Crippen molar-refractivity contribution < 1.29 is 31.2 Å². The van der Waals surface area contributed by atoms with Gasteiger partial charge < -0.3 is 10.6 Å². The van der Waals surface area contributed by atoms with E-state index in [-0.39, 0.29) is 17.4 Å². The maximum atomic E-state index is 14.9. The molecule has 0 aliphatic heterocycles. The smallest absolute Gasteiger partial charge is 0.262 e. The fourth-order valence-corrected chi connectivity index (χ4v) is 3.68. The SMILES string of the molecule is CC(=O)Nc1ccc(NC(=O)c2c(F)ccc(NS(=O)(=O)c3cccc(F)c3)c2F)cn1. The highest BCUT2D eigenvalue weighted by atomic mass is 32.2. The predicted octanol–water partition coefficient (Wildman–Crippen LogP) is 3.51. The summed E-state index contributed by atoms with van der Waals surface area (Å²) >= 11 is 0. The third kappa shape index (κ3) is 5.21. The van der Waals surface area contributed by atoms with E-state index >= 15 is 0 Å². The van der Waals surface area contributed by atoms with Gasteiger partial charge in [-0.05, 0) is 42.5 Å². The molecule has 3 aromatic rings. The van der Waals surface area contributed by atoms with Crippen LogP contribution in [0, 0.1) is 17.5 Å². The highest BCUT2D eigenvalue weighted by molar-refractivity contribution is 7.92. The minimum Gasteiger partial charge on any atom is -0.320 e. The normalized spacial score (nSPS) is 11.0. The van der Waals surface area contributed by atoms with Crippen LogP contribution in [0.15, 0.2) is 59.6 Å². The lowest BCUT2D eigenvalue weighted by Gasteiger charge is -2.13. The van der Waals surface area contributed by atoms with E-state index in [4.69, 9.17) is 0 Å². The van der Waals surface area contributed by atoms with E-state index in [0.29, 0.717) is 6.07 Å². The van der Waals surface area contributed by atoms with Crippen LogP contribution in [0.2, 0.25) is 0 Å². The van der Waals surface area contributed by atoms with Crippen LogP contribution < -0.4 is 15.4 Å². The number of nitrogens with zero attached hydrogens (tertiary/aromatic N) is 1. The van der Waals surface area contributed by atoms with Crippen LogP contribution in [0.4, 0.5) is 30.4 Å². The number of amides is 2. The number of aromatic nitrogens is 1. The zero-order valence-corrected chi connectivity index (χ0v) is 17.1. The lowest BCUT2D eigenvalue weighted by atomic mass is 10.1. The monoisotopic (exact) mass is 464 g/mol. The molecule has 0 saturated carbocycles. The number of nitrogens with one attached hydrogen (secondary N) is 3. The number of halogens is 3.